The summed E-state index contributed by atoms with van der Waals surface area (Å²) in [6.45, 7) is 42.0. The summed E-state index contributed by atoms with van der Waals surface area (Å²) in [6.07, 6.45) is 7.04. The van der Waals surface area contributed by atoms with Gasteiger partial charge in [0.25, 0.3) is 6.71 Å². The first-order valence-corrected chi connectivity index (χ1v) is 29.1. The summed E-state index contributed by atoms with van der Waals surface area (Å²) in [4.78, 5) is 5.51. The van der Waals surface area contributed by atoms with E-state index in [9.17, 15) is 0 Å². The molecule has 2 aliphatic heterocycles. The molecule has 2 heterocycles. The first-order chi connectivity index (χ1) is 35.5. The molecule has 7 aromatic carbocycles. The molecular formula is C73H85BN2. The van der Waals surface area contributed by atoms with Gasteiger partial charge >= 0.3 is 0 Å². The fourth-order valence-electron chi connectivity index (χ4n) is 14.8. The molecule has 0 radical (unpaired) electrons. The lowest BCUT2D eigenvalue weighted by molar-refractivity contribution is 0.332. The molecule has 3 aliphatic carbocycles. The Hall–Kier alpha value is -5.80. The van der Waals surface area contributed by atoms with E-state index in [0.717, 1.165) is 6.42 Å². The van der Waals surface area contributed by atoms with Crippen LogP contribution in [-0.2, 0) is 43.3 Å². The van der Waals surface area contributed by atoms with Gasteiger partial charge in [-0.2, -0.15) is 0 Å². The van der Waals surface area contributed by atoms with Crippen molar-refractivity contribution in [3.8, 4) is 11.1 Å². The minimum absolute atomic E-state index is 0.0123. The Morgan fingerprint density at radius 3 is 1.29 bits per heavy atom. The lowest BCUT2D eigenvalue weighted by Gasteiger charge is -2.49. The number of benzene rings is 7. The van der Waals surface area contributed by atoms with E-state index in [-0.39, 0.29) is 50.0 Å². The second-order valence-corrected chi connectivity index (χ2v) is 29.8. The normalized spacial score (nSPS) is 19.9. The van der Waals surface area contributed by atoms with E-state index < -0.39 is 0 Å². The Labute approximate surface area is 458 Å². The van der Waals surface area contributed by atoms with Crippen molar-refractivity contribution in [2.75, 3.05) is 9.80 Å². The third kappa shape index (κ3) is 7.76. The zero-order valence-electron chi connectivity index (χ0n) is 49.4. The number of rotatable bonds is 5. The molecule has 0 amide bonds. The Morgan fingerprint density at radius 1 is 0.355 bits per heavy atom. The summed E-state index contributed by atoms with van der Waals surface area (Å²) in [5.41, 5.74) is 27.5. The van der Waals surface area contributed by atoms with Crippen LogP contribution in [0.2, 0.25) is 0 Å². The lowest BCUT2D eigenvalue weighted by atomic mass is 9.32. The van der Waals surface area contributed by atoms with Gasteiger partial charge in [-0.1, -0.05) is 203 Å². The van der Waals surface area contributed by atoms with Crippen molar-refractivity contribution in [3.05, 3.63) is 184 Å². The predicted octanol–water partition coefficient (Wildman–Crippen LogP) is 18.1. The highest BCUT2D eigenvalue weighted by atomic mass is 15.2. The van der Waals surface area contributed by atoms with Gasteiger partial charge in [0.1, 0.15) is 0 Å². The molecule has 390 valence electrons. The molecule has 0 aromatic heterocycles. The van der Waals surface area contributed by atoms with E-state index in [0.29, 0.717) is 0 Å². The maximum Gasteiger partial charge on any atom is 0.252 e. The molecule has 7 aromatic rings. The van der Waals surface area contributed by atoms with Gasteiger partial charge < -0.3 is 9.80 Å². The highest BCUT2D eigenvalue weighted by molar-refractivity contribution is 7.00. The fraction of sp³-hybridized carbons (Fsp3) is 0.425. The van der Waals surface area contributed by atoms with Crippen molar-refractivity contribution in [1.82, 2.24) is 0 Å². The SMILES string of the molecule is CC(C)(C)c1cc2c3c(c1)N(c1ccc(C(C)(C)c4ccccc4)cc1-c1ccccc1)c1cc4c(cc1B3c1cc3c(cc1N2c1ccc2c(c1)C(C)(C)CCC2(C)C)C(C)(C)CCC3(C)C)C(C)(C)CCC4(C)C. The zero-order chi connectivity index (χ0) is 54.1. The summed E-state index contributed by atoms with van der Waals surface area (Å²) in [6, 6.07) is 53.6. The van der Waals surface area contributed by atoms with Crippen molar-refractivity contribution < 1.29 is 0 Å². The molecule has 0 N–H and O–H groups in total. The van der Waals surface area contributed by atoms with Gasteiger partial charge in [0.2, 0.25) is 0 Å². The van der Waals surface area contributed by atoms with Gasteiger partial charge in [-0.05, 0) is 197 Å². The van der Waals surface area contributed by atoms with Crippen LogP contribution in [0, 0.1) is 0 Å². The molecule has 0 unspecified atom stereocenters. The number of nitrogens with zero attached hydrogens (tertiary/aromatic N) is 2. The standard InChI is InChI=1S/C73H85BN2/c1-66(2,3)49-39-63-65-64(40-49)76(60-31-28-48(38-51(60)46-24-20-18-21-25-46)73(16,17)47-26-22-19-23-27-47)62-45-57-55(70(10,11)35-37-72(57,14)15)43-59(62)74(65)58-42-54-56(71(12,13)36-34-69(54,8)9)44-61(58)75(63)50-29-30-52-53(41-50)68(6,7)33-32-67(52,4)5/h18-31,38-45H,32-37H2,1-17H3. The summed E-state index contributed by atoms with van der Waals surface area (Å²) in [5.74, 6) is 0. The lowest BCUT2D eigenvalue weighted by Crippen LogP contribution is -2.62. The van der Waals surface area contributed by atoms with Crippen molar-refractivity contribution in [2.24, 2.45) is 0 Å². The molecule has 12 rings (SSSR count). The Morgan fingerprint density at radius 2 is 0.789 bits per heavy atom. The van der Waals surface area contributed by atoms with Gasteiger partial charge in [-0.3, -0.25) is 0 Å². The van der Waals surface area contributed by atoms with E-state index in [4.69, 9.17) is 0 Å². The average Bonchev–Trinajstić information content (AvgIpc) is 3.54. The number of anilines is 6. The molecule has 76 heavy (non-hydrogen) atoms. The van der Waals surface area contributed by atoms with Crippen LogP contribution in [0.15, 0.2) is 133 Å². The van der Waals surface area contributed by atoms with Crippen LogP contribution in [0.5, 0.6) is 0 Å². The molecule has 5 aliphatic rings. The highest BCUT2D eigenvalue weighted by Gasteiger charge is 2.50. The highest BCUT2D eigenvalue weighted by Crippen LogP contribution is 2.56. The molecular weight excluding hydrogens is 916 g/mol. The van der Waals surface area contributed by atoms with Gasteiger partial charge in [-0.25, -0.2) is 0 Å². The minimum Gasteiger partial charge on any atom is -0.311 e. The Balaban J connectivity index is 1.24. The topological polar surface area (TPSA) is 6.48 Å². The van der Waals surface area contributed by atoms with Gasteiger partial charge in [-0.15, -0.1) is 0 Å². The third-order valence-electron chi connectivity index (χ3n) is 20.5. The Kier molecular flexibility index (Phi) is 11.1. The largest absolute Gasteiger partial charge is 0.311 e. The van der Waals surface area contributed by atoms with Gasteiger partial charge in [0, 0.05) is 39.4 Å². The van der Waals surface area contributed by atoms with Crippen LogP contribution < -0.4 is 26.2 Å². The van der Waals surface area contributed by atoms with Crippen molar-refractivity contribution in [1.29, 1.82) is 0 Å². The maximum absolute atomic E-state index is 2.76. The van der Waals surface area contributed by atoms with Gasteiger partial charge in [0.05, 0.1) is 5.69 Å². The van der Waals surface area contributed by atoms with Crippen LogP contribution in [0.3, 0.4) is 0 Å². The first-order valence-electron chi connectivity index (χ1n) is 29.1. The molecule has 0 fully saturated rings. The second kappa shape index (κ2) is 16.6. The van der Waals surface area contributed by atoms with E-state index in [2.05, 4.69) is 261 Å². The molecule has 2 nitrogen and oxygen atoms in total. The smallest absolute Gasteiger partial charge is 0.252 e. The minimum atomic E-state index is -0.224. The van der Waals surface area contributed by atoms with E-state index in [1.807, 2.05) is 0 Å². The molecule has 0 saturated heterocycles. The quantitative estimate of drug-likeness (QED) is 0.159. The monoisotopic (exact) mass is 1000 g/mol. The molecule has 0 bridgehead atoms. The van der Waals surface area contributed by atoms with E-state index >= 15 is 0 Å². The van der Waals surface area contributed by atoms with E-state index in [1.165, 1.54) is 144 Å². The van der Waals surface area contributed by atoms with Crippen LogP contribution in [0.4, 0.5) is 34.1 Å². The Bertz CT molecular complexity index is 3500. The summed E-state index contributed by atoms with van der Waals surface area (Å²) >= 11 is 0. The van der Waals surface area contributed by atoms with Crippen molar-refractivity contribution in [2.45, 2.75) is 200 Å². The third-order valence-corrected chi connectivity index (χ3v) is 20.5. The number of hydrogen-bond acceptors (Lipinski definition) is 2. The van der Waals surface area contributed by atoms with Crippen LogP contribution in [0.1, 0.15) is 206 Å². The average molecular weight is 1000 g/mol. The summed E-state index contributed by atoms with van der Waals surface area (Å²) in [7, 11) is 0. The van der Waals surface area contributed by atoms with Crippen LogP contribution in [-0.4, -0.2) is 6.71 Å². The van der Waals surface area contributed by atoms with Crippen molar-refractivity contribution >= 4 is 57.2 Å². The number of fused-ring (bicyclic) bond motifs is 7. The van der Waals surface area contributed by atoms with Crippen LogP contribution >= 0.6 is 0 Å². The van der Waals surface area contributed by atoms with Crippen molar-refractivity contribution in [3.63, 3.8) is 0 Å². The number of hydrogen-bond donors (Lipinski definition) is 0. The summed E-state index contributed by atoms with van der Waals surface area (Å²) in [5, 5.41) is 0. The zero-order valence-corrected chi connectivity index (χ0v) is 49.4. The van der Waals surface area contributed by atoms with Gasteiger partial charge in [0.15, 0.2) is 0 Å². The predicted molar refractivity (Wildman–Crippen MR) is 329 cm³/mol. The molecule has 0 spiro atoms. The summed E-state index contributed by atoms with van der Waals surface area (Å²) < 4.78 is 0. The molecule has 0 atom stereocenters. The molecule has 3 heteroatoms. The van der Waals surface area contributed by atoms with E-state index in [1.54, 1.807) is 0 Å². The fourth-order valence-corrected chi connectivity index (χ4v) is 14.8. The first kappa shape index (κ1) is 51.0. The molecule has 0 saturated carbocycles. The van der Waals surface area contributed by atoms with Crippen LogP contribution in [0.25, 0.3) is 11.1 Å². The maximum atomic E-state index is 2.76. The second-order valence-electron chi connectivity index (χ2n) is 29.8.